The lowest BCUT2D eigenvalue weighted by atomic mass is 10.1. The predicted octanol–water partition coefficient (Wildman–Crippen LogP) is 6.55. The van der Waals surface area contributed by atoms with Crippen molar-refractivity contribution < 1.29 is 18.7 Å². The Morgan fingerprint density at radius 2 is 1.80 bits per heavy atom. The highest BCUT2D eigenvalue weighted by Crippen LogP contribution is 2.36. The molecule has 0 aliphatic heterocycles. The number of anilines is 1. The number of phenolic OH excluding ortho intramolecular Hbond substituents is 1. The summed E-state index contributed by atoms with van der Waals surface area (Å²) in [5, 5.41) is 16.8. The van der Waals surface area contributed by atoms with Crippen LogP contribution in [0, 0.1) is 6.92 Å². The minimum Gasteiger partial charge on any atom is -0.507 e. The van der Waals surface area contributed by atoms with Gasteiger partial charge in [0.2, 0.25) is 5.89 Å². The molecule has 3 N–H and O–H groups in total. The molecule has 0 spiro atoms. The molecule has 174 valence electrons. The van der Waals surface area contributed by atoms with Crippen molar-refractivity contribution in [1.82, 2.24) is 10.3 Å². The number of hydrogen-bond donors (Lipinski definition) is 3. The first-order chi connectivity index (χ1) is 16.9. The van der Waals surface area contributed by atoms with E-state index >= 15 is 0 Å². The average Bonchev–Trinajstić information content (AvgIpc) is 3.49. The summed E-state index contributed by atoms with van der Waals surface area (Å²) in [5.41, 5.74) is 3.61. The first-order valence-electron chi connectivity index (χ1n) is 10.5. The summed E-state index contributed by atoms with van der Waals surface area (Å²) in [7, 11) is 0. The van der Waals surface area contributed by atoms with Crippen molar-refractivity contribution in [3.63, 3.8) is 0 Å². The van der Waals surface area contributed by atoms with Crippen molar-refractivity contribution in [1.29, 1.82) is 0 Å². The topological polar surface area (TPSA) is 101 Å². The van der Waals surface area contributed by atoms with Gasteiger partial charge in [-0.25, -0.2) is 4.98 Å². The molecule has 0 saturated carbocycles. The monoisotopic (exact) mass is 503 g/mol. The van der Waals surface area contributed by atoms with E-state index < -0.39 is 5.91 Å². The normalized spacial score (nSPS) is 10.9. The van der Waals surface area contributed by atoms with Gasteiger partial charge in [0.1, 0.15) is 17.0 Å². The Morgan fingerprint density at radius 3 is 2.57 bits per heavy atom. The Labute approximate surface area is 210 Å². The number of phenols is 1. The van der Waals surface area contributed by atoms with Gasteiger partial charge in [0.15, 0.2) is 16.5 Å². The summed E-state index contributed by atoms with van der Waals surface area (Å²) < 4.78 is 11.5. The van der Waals surface area contributed by atoms with Gasteiger partial charge in [0.25, 0.3) is 5.91 Å². The third-order valence-electron chi connectivity index (χ3n) is 5.27. The molecule has 0 aliphatic carbocycles. The van der Waals surface area contributed by atoms with E-state index in [4.69, 9.17) is 32.7 Å². The lowest BCUT2D eigenvalue weighted by Crippen LogP contribution is -2.33. The number of nitrogens with zero attached hydrogens (tertiary/aromatic N) is 1. The number of para-hydroxylation sites is 2. The molecule has 0 bridgehead atoms. The third kappa shape index (κ3) is 4.75. The van der Waals surface area contributed by atoms with E-state index in [-0.39, 0.29) is 22.5 Å². The summed E-state index contributed by atoms with van der Waals surface area (Å²) in [6.45, 7) is 1.75. The van der Waals surface area contributed by atoms with Gasteiger partial charge < -0.3 is 19.3 Å². The van der Waals surface area contributed by atoms with Gasteiger partial charge >= 0.3 is 0 Å². The van der Waals surface area contributed by atoms with Crippen LogP contribution in [0.2, 0.25) is 5.02 Å². The van der Waals surface area contributed by atoms with Gasteiger partial charge in [-0.1, -0.05) is 23.7 Å². The minimum absolute atomic E-state index is 0.0439. The molecule has 3 aromatic carbocycles. The van der Waals surface area contributed by atoms with Gasteiger partial charge in [-0.2, -0.15) is 0 Å². The minimum atomic E-state index is -0.502. The smallest absolute Gasteiger partial charge is 0.293 e. The van der Waals surface area contributed by atoms with E-state index in [2.05, 4.69) is 15.6 Å². The maximum Gasteiger partial charge on any atom is 0.293 e. The standard InChI is InChI=1S/C26H18ClN3O4S/c1-14-12-17(13-18(23(14)31)25-29-19-4-2-3-5-21(19)34-25)28-26(35)30-24(32)22-11-10-20(33-22)15-6-8-16(27)9-7-15/h2-13,31H,1H3,(H2,28,30,32,35). The highest BCUT2D eigenvalue weighted by atomic mass is 35.5. The van der Waals surface area contributed by atoms with Crippen LogP contribution >= 0.6 is 23.8 Å². The van der Waals surface area contributed by atoms with Gasteiger partial charge in [-0.3, -0.25) is 10.1 Å². The van der Waals surface area contributed by atoms with Gasteiger partial charge in [-0.15, -0.1) is 0 Å². The summed E-state index contributed by atoms with van der Waals surface area (Å²) in [4.78, 5) is 17.1. The fraction of sp³-hybridized carbons (Fsp3) is 0.0385. The van der Waals surface area contributed by atoms with Crippen LogP contribution in [0.15, 0.2) is 81.6 Å². The van der Waals surface area contributed by atoms with Crippen molar-refractivity contribution >= 4 is 51.6 Å². The van der Waals surface area contributed by atoms with Gasteiger partial charge in [-0.05, 0) is 85.4 Å². The zero-order chi connectivity index (χ0) is 24.5. The van der Waals surface area contributed by atoms with Gasteiger partial charge in [0, 0.05) is 16.3 Å². The Bertz CT molecular complexity index is 1540. The van der Waals surface area contributed by atoms with Crippen LogP contribution in [-0.4, -0.2) is 21.1 Å². The molecule has 0 aliphatic rings. The largest absolute Gasteiger partial charge is 0.507 e. The second-order valence-electron chi connectivity index (χ2n) is 7.76. The second kappa shape index (κ2) is 9.25. The van der Waals surface area contributed by atoms with Crippen LogP contribution in [0.4, 0.5) is 5.69 Å². The second-order valence-corrected chi connectivity index (χ2v) is 8.60. The lowest BCUT2D eigenvalue weighted by Gasteiger charge is -2.12. The number of nitrogens with one attached hydrogen (secondary N) is 2. The number of carbonyl (C=O) groups excluding carboxylic acids is 1. The number of fused-ring (bicyclic) bond motifs is 1. The molecular formula is C26H18ClN3O4S. The zero-order valence-corrected chi connectivity index (χ0v) is 19.9. The Hall–Kier alpha value is -4.14. The molecule has 0 atom stereocenters. The quantitative estimate of drug-likeness (QED) is 0.189. The summed E-state index contributed by atoms with van der Waals surface area (Å²) in [6.07, 6.45) is 0. The highest BCUT2D eigenvalue weighted by Gasteiger charge is 2.17. The number of aromatic nitrogens is 1. The average molecular weight is 504 g/mol. The summed E-state index contributed by atoms with van der Waals surface area (Å²) in [6, 6.07) is 21.0. The number of furan rings is 1. The fourth-order valence-corrected chi connectivity index (χ4v) is 3.89. The Kier molecular flexibility index (Phi) is 5.98. The molecule has 0 saturated heterocycles. The van der Waals surface area contributed by atoms with Crippen LogP contribution in [0.5, 0.6) is 5.75 Å². The predicted molar refractivity (Wildman–Crippen MR) is 139 cm³/mol. The van der Waals surface area contributed by atoms with Crippen molar-refractivity contribution in [2.45, 2.75) is 6.92 Å². The number of rotatable bonds is 4. The number of carbonyl (C=O) groups is 1. The first-order valence-corrected chi connectivity index (χ1v) is 11.3. The molecule has 35 heavy (non-hydrogen) atoms. The van der Waals surface area contributed by atoms with Crippen LogP contribution in [0.25, 0.3) is 33.9 Å². The molecule has 0 unspecified atom stereocenters. The molecule has 0 radical (unpaired) electrons. The Morgan fingerprint density at radius 1 is 1.03 bits per heavy atom. The van der Waals surface area contributed by atoms with E-state index in [1.807, 2.05) is 18.2 Å². The van der Waals surface area contributed by atoms with Crippen LogP contribution in [-0.2, 0) is 0 Å². The first kappa shape index (κ1) is 22.6. The number of amides is 1. The molecular weight excluding hydrogens is 486 g/mol. The molecule has 2 aromatic heterocycles. The SMILES string of the molecule is Cc1cc(NC(=S)NC(=O)c2ccc(-c3ccc(Cl)cc3)o2)cc(-c2nc3ccccc3o2)c1O. The number of halogens is 1. The number of oxazole rings is 1. The molecule has 5 aromatic rings. The number of benzene rings is 3. The fourth-order valence-electron chi connectivity index (χ4n) is 3.56. The van der Waals surface area contributed by atoms with E-state index in [0.717, 1.165) is 5.56 Å². The maximum atomic E-state index is 12.6. The maximum absolute atomic E-state index is 12.6. The molecule has 5 rings (SSSR count). The molecule has 7 nitrogen and oxygen atoms in total. The van der Waals surface area contributed by atoms with E-state index in [9.17, 15) is 9.90 Å². The summed E-state index contributed by atoms with van der Waals surface area (Å²) >= 11 is 11.2. The van der Waals surface area contributed by atoms with Crippen molar-refractivity contribution in [3.05, 3.63) is 89.1 Å². The van der Waals surface area contributed by atoms with Crippen LogP contribution in [0.1, 0.15) is 16.1 Å². The van der Waals surface area contributed by atoms with E-state index in [1.54, 1.807) is 61.5 Å². The van der Waals surface area contributed by atoms with Crippen LogP contribution < -0.4 is 10.6 Å². The third-order valence-corrected chi connectivity index (χ3v) is 5.72. The number of aryl methyl sites for hydroxylation is 1. The van der Waals surface area contributed by atoms with Crippen molar-refractivity contribution in [2.75, 3.05) is 5.32 Å². The Balaban J connectivity index is 1.32. The van der Waals surface area contributed by atoms with Crippen molar-refractivity contribution in [3.8, 4) is 28.5 Å². The van der Waals surface area contributed by atoms with E-state index in [1.165, 1.54) is 0 Å². The lowest BCUT2D eigenvalue weighted by molar-refractivity contribution is 0.0951. The summed E-state index contributed by atoms with van der Waals surface area (Å²) in [5.74, 6) is 0.450. The molecule has 9 heteroatoms. The van der Waals surface area contributed by atoms with Crippen LogP contribution in [0.3, 0.4) is 0 Å². The molecule has 1 amide bonds. The van der Waals surface area contributed by atoms with E-state index in [0.29, 0.717) is 38.7 Å². The van der Waals surface area contributed by atoms with Gasteiger partial charge in [0.05, 0.1) is 5.56 Å². The zero-order valence-electron chi connectivity index (χ0n) is 18.3. The molecule has 2 heterocycles. The van der Waals surface area contributed by atoms with Crippen molar-refractivity contribution in [2.24, 2.45) is 0 Å². The number of aromatic hydroxyl groups is 1. The number of hydrogen-bond acceptors (Lipinski definition) is 6. The number of thiocarbonyl (C=S) groups is 1. The highest BCUT2D eigenvalue weighted by molar-refractivity contribution is 7.80. The molecule has 0 fully saturated rings.